The Balaban J connectivity index is 1.44. The van der Waals surface area contributed by atoms with Gasteiger partial charge in [0.15, 0.2) is 0 Å². The molecule has 2 aromatic carbocycles. The van der Waals surface area contributed by atoms with Gasteiger partial charge < -0.3 is 15.4 Å². The zero-order valence-electron chi connectivity index (χ0n) is 19.0. The third-order valence-electron chi connectivity index (χ3n) is 4.83. The maximum atomic E-state index is 12.5. The molecule has 0 unspecified atom stereocenters. The predicted octanol–water partition coefficient (Wildman–Crippen LogP) is 6.29. The van der Waals surface area contributed by atoms with Crippen molar-refractivity contribution in [3.63, 3.8) is 0 Å². The number of hydrogen-bond donors (Lipinski definition) is 2. The summed E-state index contributed by atoms with van der Waals surface area (Å²) >= 11 is 1.54. The highest BCUT2D eigenvalue weighted by Gasteiger charge is 2.11. The number of ether oxygens (including phenoxy) is 1. The lowest BCUT2D eigenvalue weighted by Gasteiger charge is -2.12. The van der Waals surface area contributed by atoms with Crippen LogP contribution in [0.5, 0.6) is 5.75 Å². The Morgan fingerprint density at radius 1 is 0.912 bits per heavy atom. The summed E-state index contributed by atoms with van der Waals surface area (Å²) in [4.78, 5) is 26.9. The number of nitrogens with zero attached hydrogens (tertiary/aromatic N) is 3. The van der Waals surface area contributed by atoms with E-state index in [1.807, 2.05) is 74.5 Å². The highest BCUT2D eigenvalue weighted by atomic mass is 32.2. The molecule has 0 bridgehead atoms. The second-order valence-electron chi connectivity index (χ2n) is 7.20. The lowest BCUT2D eigenvalue weighted by molar-refractivity contribution is 0.262. The van der Waals surface area contributed by atoms with Crippen LogP contribution in [-0.2, 0) is 6.42 Å². The Hall–Kier alpha value is -3.91. The molecule has 172 valence electrons. The number of amides is 2. The second-order valence-corrected chi connectivity index (χ2v) is 8.26. The van der Waals surface area contributed by atoms with Crippen molar-refractivity contribution in [2.24, 2.45) is 0 Å². The van der Waals surface area contributed by atoms with Crippen LogP contribution in [0.2, 0.25) is 0 Å². The quantitative estimate of drug-likeness (QED) is 0.314. The number of nitrogens with one attached hydrogen (secondary N) is 2. The zero-order chi connectivity index (χ0) is 23.8. The molecule has 0 aliphatic heterocycles. The van der Waals surface area contributed by atoms with E-state index in [0.717, 1.165) is 33.4 Å². The van der Waals surface area contributed by atoms with E-state index in [0.29, 0.717) is 23.7 Å². The van der Waals surface area contributed by atoms with Crippen LogP contribution in [0.1, 0.15) is 19.7 Å². The first-order chi connectivity index (χ1) is 16.7. The minimum Gasteiger partial charge on any atom is -0.492 e. The monoisotopic (exact) mass is 471 g/mol. The van der Waals surface area contributed by atoms with E-state index in [9.17, 15) is 4.79 Å². The van der Waals surface area contributed by atoms with E-state index in [2.05, 4.69) is 25.6 Å². The first-order valence-corrected chi connectivity index (χ1v) is 11.8. The number of anilines is 2. The molecule has 8 heteroatoms. The highest BCUT2D eigenvalue weighted by molar-refractivity contribution is 7.99. The number of hydrogen-bond acceptors (Lipinski definition) is 6. The molecule has 2 aromatic heterocycles. The minimum atomic E-state index is -0.338. The van der Waals surface area contributed by atoms with Gasteiger partial charge in [-0.05, 0) is 61.5 Å². The normalized spacial score (nSPS) is 10.5. The van der Waals surface area contributed by atoms with Crippen molar-refractivity contribution in [1.29, 1.82) is 0 Å². The van der Waals surface area contributed by atoms with Crippen LogP contribution >= 0.6 is 11.8 Å². The number of para-hydroxylation sites is 2. The van der Waals surface area contributed by atoms with Crippen LogP contribution in [0, 0.1) is 0 Å². The van der Waals surface area contributed by atoms with Gasteiger partial charge >= 0.3 is 6.03 Å². The van der Waals surface area contributed by atoms with Gasteiger partial charge in [-0.25, -0.2) is 19.7 Å². The van der Waals surface area contributed by atoms with Crippen molar-refractivity contribution in [2.45, 2.75) is 30.2 Å². The highest BCUT2D eigenvalue weighted by Crippen LogP contribution is 2.34. The lowest BCUT2D eigenvalue weighted by Crippen LogP contribution is -2.19. The fourth-order valence-electron chi connectivity index (χ4n) is 3.24. The molecule has 2 amide bonds. The Bertz CT molecular complexity index is 1260. The van der Waals surface area contributed by atoms with Crippen molar-refractivity contribution in [2.75, 3.05) is 17.2 Å². The maximum Gasteiger partial charge on any atom is 0.323 e. The van der Waals surface area contributed by atoms with Gasteiger partial charge in [-0.3, -0.25) is 0 Å². The van der Waals surface area contributed by atoms with Crippen molar-refractivity contribution >= 4 is 29.2 Å². The summed E-state index contributed by atoms with van der Waals surface area (Å²) in [7, 11) is 0. The standard InChI is InChI=1S/C26H25N5O2S/c1-3-24-27-17-15-21(30-24)20-8-7-16-28-25(20)34-19-13-11-18(12-14-19)29-26(32)31-22-9-5-6-10-23(22)33-4-2/h5-17H,3-4H2,1-2H3,(H2,29,31,32). The molecule has 0 saturated heterocycles. The van der Waals surface area contributed by atoms with Gasteiger partial charge in [0.2, 0.25) is 0 Å². The Morgan fingerprint density at radius 2 is 1.74 bits per heavy atom. The third-order valence-corrected chi connectivity index (χ3v) is 5.86. The molecule has 7 nitrogen and oxygen atoms in total. The van der Waals surface area contributed by atoms with Crippen LogP contribution in [0.3, 0.4) is 0 Å². The molecule has 2 N–H and O–H groups in total. The van der Waals surface area contributed by atoms with E-state index in [1.165, 1.54) is 0 Å². The van der Waals surface area contributed by atoms with Crippen molar-refractivity contribution in [1.82, 2.24) is 15.0 Å². The summed E-state index contributed by atoms with van der Waals surface area (Å²) in [5.41, 5.74) is 3.11. The molecule has 0 atom stereocenters. The summed E-state index contributed by atoms with van der Waals surface area (Å²) in [5, 5.41) is 6.54. The molecule has 0 radical (unpaired) electrons. The first kappa shape index (κ1) is 23.3. The molecule has 0 spiro atoms. The van der Waals surface area contributed by atoms with Crippen molar-refractivity contribution in [3.8, 4) is 17.0 Å². The molecule has 0 aliphatic rings. The van der Waals surface area contributed by atoms with Crippen LogP contribution in [0.15, 0.2) is 89.0 Å². The lowest BCUT2D eigenvalue weighted by atomic mass is 10.2. The molecule has 4 aromatic rings. The number of rotatable bonds is 8. The maximum absolute atomic E-state index is 12.5. The van der Waals surface area contributed by atoms with Gasteiger partial charge in [0, 0.05) is 35.0 Å². The second kappa shape index (κ2) is 11.3. The molecular weight excluding hydrogens is 446 g/mol. The van der Waals surface area contributed by atoms with E-state index in [4.69, 9.17) is 4.74 Å². The van der Waals surface area contributed by atoms with Crippen molar-refractivity contribution < 1.29 is 9.53 Å². The molecule has 34 heavy (non-hydrogen) atoms. The smallest absolute Gasteiger partial charge is 0.323 e. The summed E-state index contributed by atoms with van der Waals surface area (Å²) < 4.78 is 5.56. The van der Waals surface area contributed by atoms with E-state index < -0.39 is 0 Å². The van der Waals surface area contributed by atoms with Gasteiger partial charge in [0.25, 0.3) is 0 Å². The molecule has 0 aliphatic carbocycles. The molecule has 4 rings (SSSR count). The van der Waals surface area contributed by atoms with Gasteiger partial charge in [0.05, 0.1) is 18.0 Å². The van der Waals surface area contributed by atoms with E-state index >= 15 is 0 Å². The summed E-state index contributed by atoms with van der Waals surface area (Å²) in [5.74, 6) is 1.43. The van der Waals surface area contributed by atoms with Crippen LogP contribution in [0.4, 0.5) is 16.2 Å². The number of carbonyl (C=O) groups is 1. The van der Waals surface area contributed by atoms with Gasteiger partial charge in [-0.15, -0.1) is 0 Å². The third kappa shape index (κ3) is 5.90. The van der Waals surface area contributed by atoms with Gasteiger partial charge in [-0.2, -0.15) is 0 Å². The van der Waals surface area contributed by atoms with Crippen LogP contribution in [0.25, 0.3) is 11.3 Å². The molecule has 2 heterocycles. The number of aromatic nitrogens is 3. The number of aryl methyl sites for hydroxylation is 1. The largest absolute Gasteiger partial charge is 0.492 e. The van der Waals surface area contributed by atoms with E-state index in [1.54, 1.807) is 30.2 Å². The number of pyridine rings is 1. The van der Waals surface area contributed by atoms with Crippen LogP contribution in [-0.4, -0.2) is 27.6 Å². The molecule has 0 saturated carbocycles. The van der Waals surface area contributed by atoms with Gasteiger partial charge in [0.1, 0.15) is 16.6 Å². The fourth-order valence-corrected chi connectivity index (χ4v) is 4.13. The summed E-state index contributed by atoms with van der Waals surface area (Å²) in [6.07, 6.45) is 4.32. The number of benzene rings is 2. The van der Waals surface area contributed by atoms with Crippen molar-refractivity contribution in [3.05, 3.63) is 84.9 Å². The fraction of sp³-hybridized carbons (Fsp3) is 0.154. The Labute approximate surface area is 203 Å². The predicted molar refractivity (Wildman–Crippen MR) is 135 cm³/mol. The Kier molecular flexibility index (Phi) is 7.72. The Morgan fingerprint density at radius 3 is 2.53 bits per heavy atom. The zero-order valence-corrected chi connectivity index (χ0v) is 19.8. The number of urea groups is 1. The van der Waals surface area contributed by atoms with Gasteiger partial charge in [-0.1, -0.05) is 30.8 Å². The topological polar surface area (TPSA) is 89.0 Å². The number of carbonyl (C=O) groups excluding carboxylic acids is 1. The van der Waals surface area contributed by atoms with Crippen LogP contribution < -0.4 is 15.4 Å². The first-order valence-electron chi connectivity index (χ1n) is 11.0. The summed E-state index contributed by atoms with van der Waals surface area (Å²) in [6, 6.07) is 20.4. The SMILES string of the molecule is CCOc1ccccc1NC(=O)Nc1ccc(Sc2ncccc2-c2ccnc(CC)n2)cc1. The average Bonchev–Trinajstić information content (AvgIpc) is 2.87. The van der Waals surface area contributed by atoms with E-state index in [-0.39, 0.29) is 6.03 Å². The molecule has 0 fully saturated rings. The summed E-state index contributed by atoms with van der Waals surface area (Å²) in [6.45, 7) is 4.46. The minimum absolute atomic E-state index is 0.338. The average molecular weight is 472 g/mol. The molecular formula is C26H25N5O2S.